The standard InChI is InChI=1S/C17H36O3S/c1-3-5-6-7-8-9-10-11-12-13-14-16-17(15-4-2)21(18,19)20/h17H,3-16H2,1-2H3,(H,18,19,20). The van der Waals surface area contributed by atoms with Crippen molar-refractivity contribution < 1.29 is 13.0 Å². The van der Waals surface area contributed by atoms with E-state index in [2.05, 4.69) is 6.92 Å². The molecule has 0 aliphatic rings. The fourth-order valence-electron chi connectivity index (χ4n) is 2.80. The van der Waals surface area contributed by atoms with Gasteiger partial charge >= 0.3 is 0 Å². The van der Waals surface area contributed by atoms with Crippen molar-refractivity contribution in [2.45, 2.75) is 109 Å². The summed E-state index contributed by atoms with van der Waals surface area (Å²) in [6, 6.07) is 0. The van der Waals surface area contributed by atoms with Crippen molar-refractivity contribution in [2.75, 3.05) is 0 Å². The molecule has 0 aromatic rings. The van der Waals surface area contributed by atoms with Gasteiger partial charge in [0.25, 0.3) is 10.1 Å². The Balaban J connectivity index is 3.42. The molecule has 0 aliphatic carbocycles. The maximum Gasteiger partial charge on any atom is 0.267 e. The normalized spacial score (nSPS) is 13.5. The van der Waals surface area contributed by atoms with Gasteiger partial charge in [-0.25, -0.2) is 0 Å². The van der Waals surface area contributed by atoms with E-state index < -0.39 is 15.4 Å². The summed E-state index contributed by atoms with van der Waals surface area (Å²) in [5.41, 5.74) is 0. The van der Waals surface area contributed by atoms with E-state index in [1.165, 1.54) is 57.8 Å². The van der Waals surface area contributed by atoms with Crippen LogP contribution in [0.25, 0.3) is 0 Å². The lowest BCUT2D eigenvalue weighted by molar-refractivity contribution is 0.448. The SMILES string of the molecule is CCCCCCCCCCCCCC(CCC)S(=O)(=O)O. The van der Waals surface area contributed by atoms with Crippen molar-refractivity contribution in [1.82, 2.24) is 0 Å². The van der Waals surface area contributed by atoms with E-state index in [1.807, 2.05) is 6.92 Å². The van der Waals surface area contributed by atoms with Crippen molar-refractivity contribution in [3.05, 3.63) is 0 Å². The van der Waals surface area contributed by atoms with E-state index in [-0.39, 0.29) is 0 Å². The number of hydrogen-bond donors (Lipinski definition) is 1. The van der Waals surface area contributed by atoms with Gasteiger partial charge in [0.15, 0.2) is 0 Å². The van der Waals surface area contributed by atoms with Gasteiger partial charge in [0.1, 0.15) is 0 Å². The highest BCUT2D eigenvalue weighted by atomic mass is 32.2. The minimum atomic E-state index is -3.84. The molecule has 4 heteroatoms. The average molecular weight is 321 g/mol. The predicted molar refractivity (Wildman–Crippen MR) is 91.3 cm³/mol. The molecular formula is C17H36O3S. The quantitative estimate of drug-likeness (QED) is 0.309. The molecule has 0 heterocycles. The summed E-state index contributed by atoms with van der Waals surface area (Å²) in [5, 5.41) is -0.541. The van der Waals surface area contributed by atoms with Crippen LogP contribution >= 0.6 is 0 Å². The molecule has 0 rings (SSSR count). The number of hydrogen-bond acceptors (Lipinski definition) is 2. The lowest BCUT2D eigenvalue weighted by atomic mass is 10.0. The lowest BCUT2D eigenvalue weighted by Gasteiger charge is -2.12. The van der Waals surface area contributed by atoms with Gasteiger partial charge in [0, 0.05) is 0 Å². The molecule has 0 saturated carbocycles. The Bertz CT molecular complexity index is 312. The first-order valence-corrected chi connectivity index (χ1v) is 10.5. The Hall–Kier alpha value is -0.0900. The molecule has 3 nitrogen and oxygen atoms in total. The molecule has 0 amide bonds. The Labute approximate surface area is 132 Å². The second-order valence-electron chi connectivity index (χ2n) is 6.25. The average Bonchev–Trinajstić information content (AvgIpc) is 2.42. The minimum Gasteiger partial charge on any atom is -0.285 e. The van der Waals surface area contributed by atoms with Gasteiger partial charge in [0.2, 0.25) is 0 Å². The number of rotatable bonds is 15. The molecule has 0 aromatic heterocycles. The predicted octanol–water partition coefficient (Wildman–Crippen LogP) is 5.74. The molecule has 1 N–H and O–H groups in total. The first-order chi connectivity index (χ1) is 10.0. The molecule has 0 radical (unpaired) electrons. The summed E-state index contributed by atoms with van der Waals surface area (Å²) < 4.78 is 31.5. The van der Waals surface area contributed by atoms with Crippen LogP contribution in [0, 0.1) is 0 Å². The van der Waals surface area contributed by atoms with Crippen molar-refractivity contribution in [3.63, 3.8) is 0 Å². The zero-order chi connectivity index (χ0) is 16.0. The second kappa shape index (κ2) is 13.6. The van der Waals surface area contributed by atoms with Gasteiger partial charge in [0.05, 0.1) is 5.25 Å². The fraction of sp³-hybridized carbons (Fsp3) is 1.00. The highest BCUT2D eigenvalue weighted by molar-refractivity contribution is 7.86. The minimum absolute atomic E-state index is 0.541. The van der Waals surface area contributed by atoms with E-state index in [1.54, 1.807) is 0 Å². The molecule has 0 fully saturated rings. The van der Waals surface area contributed by atoms with Gasteiger partial charge in [-0.05, 0) is 12.8 Å². The lowest BCUT2D eigenvalue weighted by Crippen LogP contribution is -2.20. The largest absolute Gasteiger partial charge is 0.285 e. The van der Waals surface area contributed by atoms with Crippen LogP contribution in [0.2, 0.25) is 0 Å². The van der Waals surface area contributed by atoms with Crippen molar-refractivity contribution in [1.29, 1.82) is 0 Å². The van der Waals surface area contributed by atoms with Crippen LogP contribution in [0.3, 0.4) is 0 Å². The highest BCUT2D eigenvalue weighted by Gasteiger charge is 2.20. The molecule has 0 aliphatic heterocycles. The molecule has 0 spiro atoms. The van der Waals surface area contributed by atoms with Gasteiger partial charge in [-0.15, -0.1) is 0 Å². The highest BCUT2D eigenvalue weighted by Crippen LogP contribution is 2.17. The Morgan fingerprint density at radius 2 is 1.10 bits per heavy atom. The summed E-state index contributed by atoms with van der Waals surface area (Å²) in [4.78, 5) is 0. The molecular weight excluding hydrogens is 284 g/mol. The smallest absolute Gasteiger partial charge is 0.267 e. The summed E-state index contributed by atoms with van der Waals surface area (Å²) in [5.74, 6) is 0. The fourth-order valence-corrected chi connectivity index (χ4v) is 3.80. The van der Waals surface area contributed by atoms with Gasteiger partial charge < -0.3 is 0 Å². The Morgan fingerprint density at radius 3 is 1.48 bits per heavy atom. The maximum atomic E-state index is 11.2. The zero-order valence-electron chi connectivity index (χ0n) is 14.1. The van der Waals surface area contributed by atoms with Crippen LogP contribution in [0.5, 0.6) is 0 Å². The van der Waals surface area contributed by atoms with E-state index in [0.29, 0.717) is 12.8 Å². The van der Waals surface area contributed by atoms with Crippen LogP contribution in [0.15, 0.2) is 0 Å². The third-order valence-corrected chi connectivity index (χ3v) is 5.48. The van der Waals surface area contributed by atoms with Crippen molar-refractivity contribution >= 4 is 10.1 Å². The topological polar surface area (TPSA) is 54.4 Å². The van der Waals surface area contributed by atoms with E-state index >= 15 is 0 Å². The molecule has 1 unspecified atom stereocenters. The van der Waals surface area contributed by atoms with E-state index in [0.717, 1.165) is 19.3 Å². The van der Waals surface area contributed by atoms with E-state index in [4.69, 9.17) is 4.55 Å². The maximum absolute atomic E-state index is 11.2. The third-order valence-electron chi connectivity index (χ3n) is 4.16. The summed E-state index contributed by atoms with van der Waals surface area (Å²) in [6.07, 6.45) is 15.9. The number of unbranched alkanes of at least 4 members (excludes halogenated alkanes) is 10. The third kappa shape index (κ3) is 13.3. The van der Waals surface area contributed by atoms with Crippen LogP contribution in [-0.4, -0.2) is 18.2 Å². The molecule has 0 bridgehead atoms. The van der Waals surface area contributed by atoms with Gasteiger partial charge in [-0.1, -0.05) is 90.9 Å². The van der Waals surface area contributed by atoms with Crippen molar-refractivity contribution in [2.24, 2.45) is 0 Å². The zero-order valence-corrected chi connectivity index (χ0v) is 15.0. The monoisotopic (exact) mass is 320 g/mol. The Morgan fingerprint density at radius 1 is 0.667 bits per heavy atom. The van der Waals surface area contributed by atoms with Gasteiger partial charge in [-0.2, -0.15) is 8.42 Å². The summed E-state index contributed by atoms with van der Waals surface area (Å²) in [6.45, 7) is 4.20. The van der Waals surface area contributed by atoms with Crippen LogP contribution in [0.1, 0.15) is 104 Å². The van der Waals surface area contributed by atoms with Crippen LogP contribution in [-0.2, 0) is 10.1 Å². The molecule has 0 aromatic carbocycles. The molecule has 1 atom stereocenters. The van der Waals surface area contributed by atoms with Crippen LogP contribution < -0.4 is 0 Å². The molecule has 128 valence electrons. The molecule has 0 saturated heterocycles. The molecule has 21 heavy (non-hydrogen) atoms. The summed E-state index contributed by atoms with van der Waals surface area (Å²) >= 11 is 0. The first kappa shape index (κ1) is 20.9. The summed E-state index contributed by atoms with van der Waals surface area (Å²) in [7, 11) is -3.84. The van der Waals surface area contributed by atoms with Crippen molar-refractivity contribution in [3.8, 4) is 0 Å². The van der Waals surface area contributed by atoms with Gasteiger partial charge in [-0.3, -0.25) is 4.55 Å². The van der Waals surface area contributed by atoms with Crippen LogP contribution in [0.4, 0.5) is 0 Å². The second-order valence-corrected chi connectivity index (χ2v) is 7.95. The first-order valence-electron chi connectivity index (χ1n) is 8.98. The van der Waals surface area contributed by atoms with E-state index in [9.17, 15) is 8.42 Å². The Kier molecular flexibility index (Phi) is 13.5.